The Balaban J connectivity index is 1.59. The molecule has 0 saturated carbocycles. The van der Waals surface area contributed by atoms with Gasteiger partial charge < -0.3 is 4.90 Å². The number of hydrogen-bond donors (Lipinski definition) is 1. The average Bonchev–Trinajstić information content (AvgIpc) is 2.89. The van der Waals surface area contributed by atoms with Crippen molar-refractivity contribution in [3.8, 4) is 0 Å². The molecule has 1 aromatic carbocycles. The van der Waals surface area contributed by atoms with Gasteiger partial charge in [-0.05, 0) is 36.5 Å². The molecule has 1 aliphatic carbocycles. The Hall–Kier alpha value is -1.99. The quantitative estimate of drug-likeness (QED) is 0.908. The van der Waals surface area contributed by atoms with E-state index >= 15 is 0 Å². The van der Waals surface area contributed by atoms with Gasteiger partial charge in [-0.1, -0.05) is 24.3 Å². The fourth-order valence-corrected chi connectivity index (χ4v) is 5.05. The molecule has 6 nitrogen and oxygen atoms in total. The van der Waals surface area contributed by atoms with Crippen molar-refractivity contribution in [1.29, 1.82) is 0 Å². The molecule has 0 radical (unpaired) electrons. The van der Waals surface area contributed by atoms with Gasteiger partial charge in [-0.2, -0.15) is 0 Å². The third-order valence-electron chi connectivity index (χ3n) is 5.41. The number of nitrogens with one attached hydrogen (secondary N) is 1. The number of aromatic nitrogens is 2. The van der Waals surface area contributed by atoms with E-state index in [4.69, 9.17) is 0 Å². The van der Waals surface area contributed by atoms with E-state index in [9.17, 15) is 8.42 Å². The molecular weight excluding hydrogens is 336 g/mol. The van der Waals surface area contributed by atoms with Crippen LogP contribution in [-0.4, -0.2) is 37.7 Å². The van der Waals surface area contributed by atoms with Crippen molar-refractivity contribution in [2.45, 2.75) is 30.7 Å². The lowest BCUT2D eigenvalue weighted by Crippen LogP contribution is -2.42. The molecular formula is C18H22N4O2S. The summed E-state index contributed by atoms with van der Waals surface area (Å²) in [7, 11) is -3.24. The molecule has 25 heavy (non-hydrogen) atoms. The third kappa shape index (κ3) is 3.14. The molecule has 1 fully saturated rings. The van der Waals surface area contributed by atoms with Crippen molar-refractivity contribution in [3.63, 3.8) is 0 Å². The lowest BCUT2D eigenvalue weighted by Gasteiger charge is -2.40. The van der Waals surface area contributed by atoms with Gasteiger partial charge in [-0.15, -0.1) is 0 Å². The first-order chi connectivity index (χ1) is 12.0. The van der Waals surface area contributed by atoms with Crippen molar-refractivity contribution in [2.75, 3.05) is 24.2 Å². The van der Waals surface area contributed by atoms with Crippen molar-refractivity contribution >= 4 is 16.0 Å². The lowest BCUT2D eigenvalue weighted by molar-refractivity contribution is 0.309. The van der Waals surface area contributed by atoms with E-state index in [1.807, 2.05) is 12.1 Å². The van der Waals surface area contributed by atoms with E-state index in [1.165, 1.54) is 11.8 Å². The highest BCUT2D eigenvalue weighted by molar-refractivity contribution is 7.88. The Morgan fingerprint density at radius 2 is 1.80 bits per heavy atom. The van der Waals surface area contributed by atoms with E-state index in [0.29, 0.717) is 0 Å². The molecule has 2 heterocycles. The minimum Gasteiger partial charge on any atom is -0.341 e. The zero-order valence-corrected chi connectivity index (χ0v) is 15.0. The van der Waals surface area contributed by atoms with Crippen LogP contribution in [0.4, 0.5) is 5.95 Å². The highest BCUT2D eigenvalue weighted by Crippen LogP contribution is 2.51. The van der Waals surface area contributed by atoms with Gasteiger partial charge in [0.15, 0.2) is 0 Å². The highest BCUT2D eigenvalue weighted by Gasteiger charge is 2.46. The van der Waals surface area contributed by atoms with Gasteiger partial charge in [0.25, 0.3) is 0 Å². The monoisotopic (exact) mass is 358 g/mol. The summed E-state index contributed by atoms with van der Waals surface area (Å²) in [6.07, 6.45) is 7.54. The lowest BCUT2D eigenvalue weighted by atomic mass is 9.74. The smallest absolute Gasteiger partial charge is 0.225 e. The highest BCUT2D eigenvalue weighted by atomic mass is 32.2. The molecule has 1 saturated heterocycles. The molecule has 2 aliphatic rings. The molecule has 1 aliphatic heterocycles. The Morgan fingerprint density at radius 1 is 1.12 bits per heavy atom. The van der Waals surface area contributed by atoms with Crippen LogP contribution in [0.15, 0.2) is 42.7 Å². The zero-order valence-electron chi connectivity index (χ0n) is 14.2. The van der Waals surface area contributed by atoms with E-state index < -0.39 is 10.0 Å². The molecule has 1 atom stereocenters. The van der Waals surface area contributed by atoms with Crippen LogP contribution in [0.5, 0.6) is 0 Å². The van der Waals surface area contributed by atoms with Crippen LogP contribution in [0, 0.1) is 0 Å². The second kappa shape index (κ2) is 6.07. The second-order valence-electron chi connectivity index (χ2n) is 7.05. The Bertz CT molecular complexity index is 862. The number of anilines is 1. The van der Waals surface area contributed by atoms with E-state index in [0.717, 1.165) is 43.9 Å². The minimum atomic E-state index is -3.24. The normalized spacial score (nSPS) is 22.1. The summed E-state index contributed by atoms with van der Waals surface area (Å²) < 4.78 is 26.4. The maximum absolute atomic E-state index is 11.8. The fourth-order valence-electron chi connectivity index (χ4n) is 4.32. The summed E-state index contributed by atoms with van der Waals surface area (Å²) in [5.74, 6) is 0.773. The van der Waals surface area contributed by atoms with E-state index in [-0.39, 0.29) is 11.5 Å². The Kier molecular flexibility index (Phi) is 4.00. The molecule has 0 bridgehead atoms. The van der Waals surface area contributed by atoms with Gasteiger partial charge in [-0.3, -0.25) is 0 Å². The van der Waals surface area contributed by atoms with E-state index in [1.54, 1.807) is 12.4 Å². The number of rotatable bonds is 3. The van der Waals surface area contributed by atoms with Crippen LogP contribution in [-0.2, 0) is 15.4 Å². The van der Waals surface area contributed by atoms with Crippen LogP contribution in [0.1, 0.15) is 36.4 Å². The largest absolute Gasteiger partial charge is 0.341 e. The molecule has 1 aromatic heterocycles. The van der Waals surface area contributed by atoms with Gasteiger partial charge in [-0.25, -0.2) is 23.1 Å². The molecule has 2 aromatic rings. The number of hydrogen-bond acceptors (Lipinski definition) is 5. The van der Waals surface area contributed by atoms with Crippen LogP contribution >= 0.6 is 0 Å². The zero-order chi connectivity index (χ0) is 17.5. The van der Waals surface area contributed by atoms with Crippen molar-refractivity contribution in [3.05, 3.63) is 53.9 Å². The minimum absolute atomic E-state index is 0.0320. The third-order valence-corrected chi connectivity index (χ3v) is 6.13. The number of sulfonamides is 1. The van der Waals surface area contributed by atoms with Crippen LogP contribution in [0.2, 0.25) is 0 Å². The topological polar surface area (TPSA) is 75.2 Å². The van der Waals surface area contributed by atoms with Crippen molar-refractivity contribution in [1.82, 2.24) is 14.7 Å². The summed E-state index contributed by atoms with van der Waals surface area (Å²) in [5, 5.41) is 0. The summed E-state index contributed by atoms with van der Waals surface area (Å²) in [5.41, 5.74) is 2.45. The van der Waals surface area contributed by atoms with Crippen LogP contribution in [0.25, 0.3) is 0 Å². The molecule has 1 unspecified atom stereocenters. The van der Waals surface area contributed by atoms with Crippen molar-refractivity contribution < 1.29 is 8.42 Å². The molecule has 4 rings (SSSR count). The number of benzene rings is 1. The van der Waals surface area contributed by atoms with E-state index in [2.05, 4.69) is 37.8 Å². The van der Waals surface area contributed by atoms with Crippen LogP contribution in [0.3, 0.4) is 0 Å². The standard InChI is InChI=1S/C18H22N4O2S/c1-25(23,24)21-16-13-18(15-6-3-2-5-14(15)16)7-11-22(12-8-18)17-19-9-4-10-20-17/h2-6,9-10,16,21H,7-8,11-13H2,1H3. The Labute approximate surface area is 148 Å². The number of fused-ring (bicyclic) bond motifs is 2. The average molecular weight is 358 g/mol. The summed E-state index contributed by atoms with van der Waals surface area (Å²) >= 11 is 0. The summed E-state index contributed by atoms with van der Waals surface area (Å²) in [4.78, 5) is 10.9. The predicted molar refractivity (Wildman–Crippen MR) is 96.9 cm³/mol. The molecule has 7 heteroatoms. The first-order valence-electron chi connectivity index (χ1n) is 8.56. The van der Waals surface area contributed by atoms with Gasteiger partial charge in [0, 0.05) is 36.9 Å². The fraction of sp³-hybridized carbons (Fsp3) is 0.444. The van der Waals surface area contributed by atoms with Gasteiger partial charge >= 0.3 is 0 Å². The van der Waals surface area contributed by atoms with Gasteiger partial charge in [0.05, 0.1) is 6.26 Å². The molecule has 1 N–H and O–H groups in total. The summed E-state index contributed by atoms with van der Waals surface area (Å²) in [6, 6.07) is 9.94. The van der Waals surface area contributed by atoms with Crippen molar-refractivity contribution in [2.24, 2.45) is 0 Å². The van der Waals surface area contributed by atoms with Gasteiger partial charge in [0.1, 0.15) is 0 Å². The Morgan fingerprint density at radius 3 is 2.48 bits per heavy atom. The second-order valence-corrected chi connectivity index (χ2v) is 8.83. The SMILES string of the molecule is CS(=O)(=O)NC1CC2(CCN(c3ncccn3)CC2)c2ccccc21. The molecule has 1 spiro atoms. The number of nitrogens with zero attached hydrogens (tertiary/aromatic N) is 3. The molecule has 0 amide bonds. The summed E-state index contributed by atoms with van der Waals surface area (Å²) in [6.45, 7) is 1.76. The first-order valence-corrected chi connectivity index (χ1v) is 10.4. The predicted octanol–water partition coefficient (Wildman–Crippen LogP) is 2.01. The van der Waals surface area contributed by atoms with Crippen LogP contribution < -0.4 is 9.62 Å². The maximum Gasteiger partial charge on any atom is 0.225 e. The first kappa shape index (κ1) is 16.5. The van der Waals surface area contributed by atoms with Gasteiger partial charge in [0.2, 0.25) is 16.0 Å². The number of piperidine rings is 1. The maximum atomic E-state index is 11.8. The molecule has 132 valence electrons.